The van der Waals surface area contributed by atoms with E-state index in [0.717, 1.165) is 17.0 Å². The zero-order valence-corrected chi connectivity index (χ0v) is 13.2. The Hall–Kier alpha value is -2.83. The zero-order valence-electron chi connectivity index (χ0n) is 13.2. The van der Waals surface area contributed by atoms with Gasteiger partial charge in [-0.15, -0.1) is 0 Å². The SMILES string of the molecule is Cc1nn(C)c(C)c1/C=N\NC(=O)[C@H]1COc2ccccc2O1. The summed E-state index contributed by atoms with van der Waals surface area (Å²) in [5.41, 5.74) is 5.21. The number of benzene rings is 1. The summed E-state index contributed by atoms with van der Waals surface area (Å²) in [6.07, 6.45) is 0.867. The van der Waals surface area contributed by atoms with Gasteiger partial charge in [0.15, 0.2) is 11.5 Å². The van der Waals surface area contributed by atoms with Crippen LogP contribution in [0.15, 0.2) is 29.4 Å². The molecule has 3 rings (SSSR count). The molecular formula is C16H18N4O3. The van der Waals surface area contributed by atoms with Crippen molar-refractivity contribution in [3.05, 3.63) is 41.2 Å². The predicted octanol–water partition coefficient (Wildman–Crippen LogP) is 1.33. The molecule has 7 heteroatoms. The van der Waals surface area contributed by atoms with Crippen LogP contribution in [0.25, 0.3) is 0 Å². The smallest absolute Gasteiger partial charge is 0.284 e. The van der Waals surface area contributed by atoms with Crippen LogP contribution < -0.4 is 14.9 Å². The van der Waals surface area contributed by atoms with Gasteiger partial charge < -0.3 is 9.47 Å². The molecule has 0 spiro atoms. The van der Waals surface area contributed by atoms with Crippen molar-refractivity contribution in [1.82, 2.24) is 15.2 Å². The number of ether oxygens (including phenoxy) is 2. The molecule has 0 saturated heterocycles. The number of hydrogen-bond donors (Lipinski definition) is 1. The van der Waals surface area contributed by atoms with Crippen LogP contribution in [-0.4, -0.2) is 34.6 Å². The molecule has 1 aliphatic rings. The molecule has 1 N–H and O–H groups in total. The van der Waals surface area contributed by atoms with Gasteiger partial charge in [-0.3, -0.25) is 9.48 Å². The van der Waals surface area contributed by atoms with Crippen LogP contribution in [0.2, 0.25) is 0 Å². The predicted molar refractivity (Wildman–Crippen MR) is 84.8 cm³/mol. The van der Waals surface area contributed by atoms with Gasteiger partial charge in [0.05, 0.1) is 11.9 Å². The number of amides is 1. The highest BCUT2D eigenvalue weighted by Crippen LogP contribution is 2.30. The molecule has 0 saturated carbocycles. The van der Waals surface area contributed by atoms with Crippen LogP contribution in [-0.2, 0) is 11.8 Å². The monoisotopic (exact) mass is 314 g/mol. The average Bonchev–Trinajstić information content (AvgIpc) is 2.80. The lowest BCUT2D eigenvalue weighted by molar-refractivity contribution is -0.130. The highest BCUT2D eigenvalue weighted by atomic mass is 16.6. The first-order chi connectivity index (χ1) is 11.1. The lowest BCUT2D eigenvalue weighted by Gasteiger charge is -2.24. The fourth-order valence-electron chi connectivity index (χ4n) is 2.36. The molecule has 23 heavy (non-hydrogen) atoms. The van der Waals surface area contributed by atoms with E-state index < -0.39 is 6.10 Å². The van der Waals surface area contributed by atoms with Crippen molar-refractivity contribution in [2.45, 2.75) is 20.0 Å². The first kappa shape index (κ1) is 15.1. The van der Waals surface area contributed by atoms with E-state index in [9.17, 15) is 4.79 Å². The minimum atomic E-state index is -0.724. The lowest BCUT2D eigenvalue weighted by atomic mass is 10.2. The molecule has 1 amide bonds. The van der Waals surface area contributed by atoms with Gasteiger partial charge in [-0.25, -0.2) is 5.43 Å². The Morgan fingerprint density at radius 1 is 1.39 bits per heavy atom. The highest BCUT2D eigenvalue weighted by molar-refractivity contribution is 5.86. The van der Waals surface area contributed by atoms with Crippen LogP contribution in [0, 0.1) is 13.8 Å². The third-order valence-electron chi connectivity index (χ3n) is 3.73. The summed E-state index contributed by atoms with van der Waals surface area (Å²) in [5.74, 6) is 0.846. The second-order valence-corrected chi connectivity index (χ2v) is 5.31. The summed E-state index contributed by atoms with van der Waals surface area (Å²) in [5, 5.41) is 8.29. The first-order valence-corrected chi connectivity index (χ1v) is 7.28. The lowest BCUT2D eigenvalue weighted by Crippen LogP contribution is -2.42. The number of carbonyl (C=O) groups is 1. The van der Waals surface area contributed by atoms with E-state index in [-0.39, 0.29) is 12.5 Å². The number of hydrazone groups is 1. The Morgan fingerprint density at radius 2 is 2.13 bits per heavy atom. The Labute approximate surface area is 133 Å². The van der Waals surface area contributed by atoms with Gasteiger partial charge in [-0.1, -0.05) is 12.1 Å². The van der Waals surface area contributed by atoms with Crippen LogP contribution in [0.3, 0.4) is 0 Å². The van der Waals surface area contributed by atoms with Crippen molar-refractivity contribution >= 4 is 12.1 Å². The largest absolute Gasteiger partial charge is 0.485 e. The third kappa shape index (κ3) is 3.03. The van der Waals surface area contributed by atoms with Crippen LogP contribution in [0.1, 0.15) is 17.0 Å². The molecule has 0 fully saturated rings. The van der Waals surface area contributed by atoms with Gasteiger partial charge in [-0.2, -0.15) is 10.2 Å². The zero-order chi connectivity index (χ0) is 16.4. The van der Waals surface area contributed by atoms with Gasteiger partial charge in [0.1, 0.15) is 6.61 Å². The van der Waals surface area contributed by atoms with E-state index in [1.807, 2.05) is 33.0 Å². The van der Waals surface area contributed by atoms with Crippen molar-refractivity contribution in [2.24, 2.45) is 12.1 Å². The van der Waals surface area contributed by atoms with E-state index in [1.54, 1.807) is 23.0 Å². The number of aromatic nitrogens is 2. The number of nitrogens with one attached hydrogen (secondary N) is 1. The average molecular weight is 314 g/mol. The van der Waals surface area contributed by atoms with Crippen molar-refractivity contribution < 1.29 is 14.3 Å². The summed E-state index contributed by atoms with van der Waals surface area (Å²) in [6.45, 7) is 3.99. The van der Waals surface area contributed by atoms with Crippen LogP contribution in [0.5, 0.6) is 11.5 Å². The summed E-state index contributed by atoms with van der Waals surface area (Å²) in [4.78, 5) is 12.1. The highest BCUT2D eigenvalue weighted by Gasteiger charge is 2.27. The first-order valence-electron chi connectivity index (χ1n) is 7.28. The van der Waals surface area contributed by atoms with E-state index in [2.05, 4.69) is 15.6 Å². The molecule has 7 nitrogen and oxygen atoms in total. The van der Waals surface area contributed by atoms with Crippen molar-refractivity contribution in [2.75, 3.05) is 6.61 Å². The fraction of sp³-hybridized carbons (Fsp3) is 0.312. The van der Waals surface area contributed by atoms with Gasteiger partial charge in [-0.05, 0) is 26.0 Å². The molecular weight excluding hydrogens is 296 g/mol. The number of para-hydroxylation sites is 2. The van der Waals surface area contributed by atoms with Crippen molar-refractivity contribution in [1.29, 1.82) is 0 Å². The van der Waals surface area contributed by atoms with E-state index >= 15 is 0 Å². The number of fused-ring (bicyclic) bond motifs is 1. The maximum Gasteiger partial charge on any atom is 0.284 e. The topological polar surface area (TPSA) is 77.7 Å². The van der Waals surface area contributed by atoms with Gasteiger partial charge in [0.25, 0.3) is 5.91 Å². The molecule has 0 radical (unpaired) electrons. The van der Waals surface area contributed by atoms with E-state index in [4.69, 9.17) is 9.47 Å². The summed E-state index contributed by atoms with van der Waals surface area (Å²) < 4.78 is 12.9. The number of hydrogen-bond acceptors (Lipinski definition) is 5. The van der Waals surface area contributed by atoms with Gasteiger partial charge >= 0.3 is 0 Å². The minimum absolute atomic E-state index is 0.156. The van der Waals surface area contributed by atoms with Crippen molar-refractivity contribution in [3.63, 3.8) is 0 Å². The maximum absolute atomic E-state index is 12.1. The quantitative estimate of drug-likeness (QED) is 0.685. The molecule has 0 bridgehead atoms. The molecule has 1 atom stereocenters. The molecule has 1 aromatic carbocycles. The molecule has 0 unspecified atom stereocenters. The summed E-state index contributed by atoms with van der Waals surface area (Å²) in [6, 6.07) is 7.25. The van der Waals surface area contributed by atoms with Gasteiger partial charge in [0.2, 0.25) is 6.10 Å². The number of aryl methyl sites for hydroxylation is 2. The van der Waals surface area contributed by atoms with Crippen molar-refractivity contribution in [3.8, 4) is 11.5 Å². The third-order valence-corrected chi connectivity index (χ3v) is 3.73. The minimum Gasteiger partial charge on any atom is -0.485 e. The second-order valence-electron chi connectivity index (χ2n) is 5.31. The Kier molecular flexibility index (Phi) is 4.01. The fourth-order valence-corrected chi connectivity index (χ4v) is 2.36. The van der Waals surface area contributed by atoms with Crippen LogP contribution >= 0.6 is 0 Å². The van der Waals surface area contributed by atoms with E-state index in [1.165, 1.54) is 0 Å². The molecule has 1 aliphatic heterocycles. The molecule has 2 heterocycles. The maximum atomic E-state index is 12.1. The Balaban J connectivity index is 1.63. The van der Waals surface area contributed by atoms with Gasteiger partial charge in [0, 0.05) is 18.3 Å². The summed E-state index contributed by atoms with van der Waals surface area (Å²) >= 11 is 0. The number of rotatable bonds is 3. The molecule has 2 aromatic rings. The normalized spacial score (nSPS) is 16.6. The standard InChI is InChI=1S/C16H18N4O3/c1-10-12(11(2)20(3)19-10)8-17-18-16(21)15-9-22-13-6-4-5-7-14(13)23-15/h4-8,15H,9H2,1-3H3,(H,18,21)/b17-8-/t15-/m1/s1. The Morgan fingerprint density at radius 3 is 2.83 bits per heavy atom. The van der Waals surface area contributed by atoms with Crippen LogP contribution in [0.4, 0.5) is 0 Å². The number of nitrogens with zero attached hydrogens (tertiary/aromatic N) is 3. The molecule has 1 aromatic heterocycles. The van der Waals surface area contributed by atoms with E-state index in [0.29, 0.717) is 11.5 Å². The summed E-state index contributed by atoms with van der Waals surface area (Å²) in [7, 11) is 1.86. The number of carbonyl (C=O) groups excluding carboxylic acids is 1. The second kappa shape index (κ2) is 6.12. The molecule has 0 aliphatic carbocycles. The Bertz CT molecular complexity index is 767. The molecule has 120 valence electrons.